The Bertz CT molecular complexity index is 828. The second-order valence-electron chi connectivity index (χ2n) is 5.22. The lowest BCUT2D eigenvalue weighted by Gasteiger charge is -2.13. The first-order valence-corrected chi connectivity index (χ1v) is 9.07. The van der Waals surface area contributed by atoms with Gasteiger partial charge in [0.25, 0.3) is 0 Å². The zero-order chi connectivity index (χ0) is 17.1. The van der Waals surface area contributed by atoms with Gasteiger partial charge in [-0.3, -0.25) is 4.79 Å². The molecule has 0 radical (unpaired) electrons. The molecule has 0 aliphatic carbocycles. The van der Waals surface area contributed by atoms with Crippen LogP contribution >= 0.6 is 35.0 Å². The number of hydrogen-bond donors (Lipinski definition) is 2. The quantitative estimate of drug-likeness (QED) is 0.585. The highest BCUT2D eigenvalue weighted by Crippen LogP contribution is 2.27. The molecule has 0 fully saturated rings. The molecule has 24 heavy (non-hydrogen) atoms. The third-order valence-corrected chi connectivity index (χ3v) is 5.10. The Balaban J connectivity index is 1.74. The van der Waals surface area contributed by atoms with Crippen molar-refractivity contribution in [1.82, 2.24) is 9.97 Å². The Kier molecular flexibility index (Phi) is 5.33. The Morgan fingerprint density at radius 1 is 1.25 bits per heavy atom. The van der Waals surface area contributed by atoms with Crippen molar-refractivity contribution < 1.29 is 4.79 Å². The first-order chi connectivity index (χ1) is 11.5. The van der Waals surface area contributed by atoms with E-state index in [2.05, 4.69) is 15.3 Å². The SMILES string of the molecule is CCC(Sc1nc2ccccc2[nH]1)C(=O)Nc1cc(Cl)cc(Cl)c1. The van der Waals surface area contributed by atoms with Gasteiger partial charge in [-0.25, -0.2) is 4.98 Å². The van der Waals surface area contributed by atoms with Crippen molar-refractivity contribution >= 4 is 57.6 Å². The summed E-state index contributed by atoms with van der Waals surface area (Å²) in [7, 11) is 0. The predicted molar refractivity (Wildman–Crippen MR) is 101 cm³/mol. The lowest BCUT2D eigenvalue weighted by Crippen LogP contribution is -2.24. The van der Waals surface area contributed by atoms with Gasteiger partial charge in [-0.15, -0.1) is 0 Å². The molecule has 1 atom stereocenters. The van der Waals surface area contributed by atoms with Crippen molar-refractivity contribution in [2.45, 2.75) is 23.8 Å². The van der Waals surface area contributed by atoms with Crippen LogP contribution in [0.25, 0.3) is 11.0 Å². The molecule has 0 bridgehead atoms. The van der Waals surface area contributed by atoms with Gasteiger partial charge in [-0.05, 0) is 36.8 Å². The molecule has 0 saturated carbocycles. The number of nitrogens with zero attached hydrogens (tertiary/aromatic N) is 1. The molecule has 3 rings (SSSR count). The molecule has 124 valence electrons. The fraction of sp³-hybridized carbons (Fsp3) is 0.176. The van der Waals surface area contributed by atoms with Crippen LogP contribution in [-0.4, -0.2) is 21.1 Å². The monoisotopic (exact) mass is 379 g/mol. The number of para-hydroxylation sites is 2. The zero-order valence-electron chi connectivity index (χ0n) is 12.8. The van der Waals surface area contributed by atoms with Crippen LogP contribution in [0.5, 0.6) is 0 Å². The molecule has 1 unspecified atom stereocenters. The smallest absolute Gasteiger partial charge is 0.237 e. The van der Waals surface area contributed by atoms with Crippen LogP contribution in [-0.2, 0) is 4.79 Å². The maximum atomic E-state index is 12.5. The lowest BCUT2D eigenvalue weighted by molar-refractivity contribution is -0.115. The summed E-state index contributed by atoms with van der Waals surface area (Å²) in [5, 5.41) is 4.27. The highest BCUT2D eigenvalue weighted by atomic mass is 35.5. The van der Waals surface area contributed by atoms with Gasteiger partial charge in [-0.1, -0.05) is 54.0 Å². The summed E-state index contributed by atoms with van der Waals surface area (Å²) in [6.07, 6.45) is 0.668. The molecule has 2 aromatic carbocycles. The van der Waals surface area contributed by atoms with E-state index in [0.29, 0.717) is 22.2 Å². The van der Waals surface area contributed by atoms with E-state index in [1.165, 1.54) is 11.8 Å². The molecule has 3 aromatic rings. The van der Waals surface area contributed by atoms with Crippen LogP contribution in [0.4, 0.5) is 5.69 Å². The van der Waals surface area contributed by atoms with E-state index in [4.69, 9.17) is 23.2 Å². The fourth-order valence-corrected chi connectivity index (χ4v) is 3.74. The number of amides is 1. The van der Waals surface area contributed by atoms with Gasteiger partial charge in [-0.2, -0.15) is 0 Å². The summed E-state index contributed by atoms with van der Waals surface area (Å²) in [5.41, 5.74) is 2.43. The minimum atomic E-state index is -0.275. The average Bonchev–Trinajstić information content (AvgIpc) is 2.93. The standard InChI is InChI=1S/C17H15Cl2N3OS/c1-2-15(16(23)20-12-8-10(18)7-11(19)9-12)24-17-21-13-5-3-4-6-14(13)22-17/h3-9,15H,2H2,1H3,(H,20,23)(H,21,22). The van der Waals surface area contributed by atoms with Gasteiger partial charge in [0.05, 0.1) is 16.3 Å². The van der Waals surface area contributed by atoms with Crippen molar-refractivity contribution in [3.63, 3.8) is 0 Å². The molecule has 0 spiro atoms. The van der Waals surface area contributed by atoms with Crippen LogP contribution < -0.4 is 5.32 Å². The van der Waals surface area contributed by atoms with E-state index in [0.717, 1.165) is 16.2 Å². The Morgan fingerprint density at radius 2 is 1.96 bits per heavy atom. The third kappa shape index (κ3) is 4.04. The normalized spacial score (nSPS) is 12.3. The number of rotatable bonds is 5. The molecular formula is C17H15Cl2N3OS. The van der Waals surface area contributed by atoms with Gasteiger partial charge in [0.2, 0.25) is 5.91 Å². The molecule has 1 heterocycles. The minimum absolute atomic E-state index is 0.110. The summed E-state index contributed by atoms with van der Waals surface area (Å²) in [6.45, 7) is 1.96. The molecule has 0 aliphatic heterocycles. The molecular weight excluding hydrogens is 365 g/mol. The van der Waals surface area contributed by atoms with Crippen molar-refractivity contribution in [3.05, 3.63) is 52.5 Å². The Labute approximate surface area is 153 Å². The first kappa shape index (κ1) is 17.1. The molecule has 7 heteroatoms. The second-order valence-corrected chi connectivity index (χ2v) is 7.29. The number of halogens is 2. The highest BCUT2D eigenvalue weighted by Gasteiger charge is 2.20. The summed E-state index contributed by atoms with van der Waals surface area (Å²) in [6, 6.07) is 12.7. The molecule has 1 aromatic heterocycles. The number of benzene rings is 2. The number of carbonyl (C=O) groups excluding carboxylic acids is 1. The molecule has 0 saturated heterocycles. The molecule has 1 amide bonds. The van der Waals surface area contributed by atoms with Crippen LogP contribution in [0.15, 0.2) is 47.6 Å². The lowest BCUT2D eigenvalue weighted by atomic mass is 10.2. The summed E-state index contributed by atoms with van der Waals surface area (Å²) < 4.78 is 0. The molecule has 0 aliphatic rings. The minimum Gasteiger partial charge on any atom is -0.333 e. The van der Waals surface area contributed by atoms with E-state index in [9.17, 15) is 4.79 Å². The van der Waals surface area contributed by atoms with Gasteiger partial charge in [0.15, 0.2) is 5.16 Å². The third-order valence-electron chi connectivity index (χ3n) is 3.41. The molecule has 2 N–H and O–H groups in total. The predicted octanol–water partition coefficient (Wildman–Crippen LogP) is 5.38. The van der Waals surface area contributed by atoms with Crippen LogP contribution in [0.1, 0.15) is 13.3 Å². The van der Waals surface area contributed by atoms with Gasteiger partial charge < -0.3 is 10.3 Å². The number of thioether (sulfide) groups is 1. The number of H-pyrrole nitrogens is 1. The number of anilines is 1. The van der Waals surface area contributed by atoms with Gasteiger partial charge in [0.1, 0.15) is 0 Å². The zero-order valence-corrected chi connectivity index (χ0v) is 15.2. The Hall–Kier alpha value is -1.69. The summed E-state index contributed by atoms with van der Waals surface area (Å²) in [5.74, 6) is -0.110. The van der Waals surface area contributed by atoms with Gasteiger partial charge >= 0.3 is 0 Å². The Morgan fingerprint density at radius 3 is 2.62 bits per heavy atom. The second kappa shape index (κ2) is 7.47. The van der Waals surface area contributed by atoms with E-state index in [1.807, 2.05) is 31.2 Å². The van der Waals surface area contributed by atoms with E-state index >= 15 is 0 Å². The first-order valence-electron chi connectivity index (χ1n) is 7.43. The van der Waals surface area contributed by atoms with Crippen molar-refractivity contribution in [3.8, 4) is 0 Å². The van der Waals surface area contributed by atoms with Crippen molar-refractivity contribution in [2.75, 3.05) is 5.32 Å². The number of aromatic amines is 1. The van der Waals surface area contributed by atoms with E-state index in [-0.39, 0.29) is 11.2 Å². The molecule has 4 nitrogen and oxygen atoms in total. The van der Waals surface area contributed by atoms with Crippen molar-refractivity contribution in [1.29, 1.82) is 0 Å². The summed E-state index contributed by atoms with van der Waals surface area (Å²) >= 11 is 13.3. The average molecular weight is 380 g/mol. The maximum Gasteiger partial charge on any atom is 0.237 e. The van der Waals surface area contributed by atoms with Crippen LogP contribution in [0.3, 0.4) is 0 Å². The maximum absolute atomic E-state index is 12.5. The number of hydrogen-bond acceptors (Lipinski definition) is 3. The topological polar surface area (TPSA) is 57.8 Å². The number of imidazole rings is 1. The number of carbonyl (C=O) groups is 1. The number of fused-ring (bicyclic) bond motifs is 1. The van der Waals surface area contributed by atoms with Crippen LogP contribution in [0, 0.1) is 0 Å². The number of aromatic nitrogens is 2. The summed E-state index contributed by atoms with van der Waals surface area (Å²) in [4.78, 5) is 20.3. The fourth-order valence-electron chi connectivity index (χ4n) is 2.29. The van der Waals surface area contributed by atoms with Crippen molar-refractivity contribution in [2.24, 2.45) is 0 Å². The van der Waals surface area contributed by atoms with E-state index < -0.39 is 0 Å². The van der Waals surface area contributed by atoms with Gasteiger partial charge in [0, 0.05) is 15.7 Å². The van der Waals surface area contributed by atoms with Crippen LogP contribution in [0.2, 0.25) is 10.0 Å². The number of nitrogens with one attached hydrogen (secondary N) is 2. The largest absolute Gasteiger partial charge is 0.333 e. The van der Waals surface area contributed by atoms with E-state index in [1.54, 1.807) is 18.2 Å². The highest BCUT2D eigenvalue weighted by molar-refractivity contribution is 8.00.